The maximum atomic E-state index is 12.9. The van der Waals surface area contributed by atoms with Crippen LogP contribution in [0.25, 0.3) is 0 Å². The summed E-state index contributed by atoms with van der Waals surface area (Å²) in [6, 6.07) is 0. The summed E-state index contributed by atoms with van der Waals surface area (Å²) >= 11 is 0. The molecule has 1 aliphatic carbocycles. The largest absolute Gasteiger partial charge is 0.481 e. The van der Waals surface area contributed by atoms with E-state index in [0.717, 1.165) is 13.2 Å². The van der Waals surface area contributed by atoms with Gasteiger partial charge < -0.3 is 9.84 Å². The lowest BCUT2D eigenvalue weighted by molar-refractivity contribution is -0.263. The number of hydrogen-bond donors (Lipinski definition) is 1. The van der Waals surface area contributed by atoms with Crippen molar-refractivity contribution < 1.29 is 27.8 Å². The van der Waals surface area contributed by atoms with E-state index in [4.69, 9.17) is 5.11 Å². The van der Waals surface area contributed by atoms with Crippen molar-refractivity contribution in [2.45, 2.75) is 18.2 Å². The summed E-state index contributed by atoms with van der Waals surface area (Å²) < 4.78 is 43.2. The minimum atomic E-state index is -4.65. The molecule has 16 heavy (non-hydrogen) atoms. The van der Waals surface area contributed by atoms with Gasteiger partial charge in [-0.2, -0.15) is 13.2 Å². The molecule has 0 aromatic rings. The van der Waals surface area contributed by atoms with Crippen LogP contribution in [0, 0.1) is 5.92 Å². The van der Waals surface area contributed by atoms with E-state index in [2.05, 4.69) is 4.74 Å². The molecule has 0 amide bonds. The summed E-state index contributed by atoms with van der Waals surface area (Å²) in [6.07, 6.45) is -0.644. The molecular formula is C10H11F3O3. The van der Waals surface area contributed by atoms with Crippen molar-refractivity contribution in [2.24, 2.45) is 5.92 Å². The normalized spacial score (nSPS) is 29.4. The van der Waals surface area contributed by atoms with Gasteiger partial charge in [0.1, 0.15) is 0 Å². The Kier molecular flexibility index (Phi) is 3.42. The van der Waals surface area contributed by atoms with Gasteiger partial charge in [-0.05, 0) is 6.08 Å². The molecule has 90 valence electrons. The van der Waals surface area contributed by atoms with Crippen molar-refractivity contribution in [2.75, 3.05) is 7.11 Å². The van der Waals surface area contributed by atoms with Gasteiger partial charge in [0, 0.05) is 13.0 Å². The highest BCUT2D eigenvalue weighted by Crippen LogP contribution is 2.43. The third kappa shape index (κ3) is 2.11. The minimum Gasteiger partial charge on any atom is -0.481 e. The average molecular weight is 236 g/mol. The highest BCUT2D eigenvalue weighted by molar-refractivity contribution is 5.68. The van der Waals surface area contributed by atoms with Gasteiger partial charge >= 0.3 is 12.1 Å². The smallest absolute Gasteiger partial charge is 0.421 e. The molecule has 1 aliphatic rings. The van der Waals surface area contributed by atoms with Crippen molar-refractivity contribution in [1.29, 1.82) is 0 Å². The first-order valence-corrected chi connectivity index (χ1v) is 4.53. The van der Waals surface area contributed by atoms with Gasteiger partial charge in [0.05, 0.1) is 6.42 Å². The number of carboxylic acid groups (broad SMARTS) is 1. The number of carboxylic acids is 1. The summed E-state index contributed by atoms with van der Waals surface area (Å²) in [5.41, 5.74) is -2.54. The molecule has 1 N–H and O–H groups in total. The van der Waals surface area contributed by atoms with Crippen LogP contribution in [0.2, 0.25) is 0 Å². The summed E-state index contributed by atoms with van der Waals surface area (Å²) in [5.74, 6) is -2.55. The number of alkyl halides is 3. The number of ether oxygens (including phenoxy) is 1. The number of halogens is 3. The number of methoxy groups -OCH3 is 1. The molecule has 0 fully saturated rings. The van der Waals surface area contributed by atoms with Crippen LogP contribution in [0.3, 0.4) is 0 Å². The van der Waals surface area contributed by atoms with E-state index < -0.39 is 30.1 Å². The van der Waals surface area contributed by atoms with Gasteiger partial charge in [-0.25, -0.2) is 0 Å². The van der Waals surface area contributed by atoms with Gasteiger partial charge in [-0.15, -0.1) is 0 Å². The van der Waals surface area contributed by atoms with Crippen LogP contribution in [0.4, 0.5) is 13.2 Å². The predicted octanol–water partition coefficient (Wildman–Crippen LogP) is 2.15. The lowest BCUT2D eigenvalue weighted by Crippen LogP contribution is -2.52. The number of rotatable bonds is 3. The Bertz CT molecular complexity index is 333. The standard InChI is InChI=1S/C10H11F3O3/c1-16-9(10(11,12)13)5-3-2-4-7(9)6-8(14)15/h2-5,7H,6H2,1H3,(H,14,15). The molecule has 3 nitrogen and oxygen atoms in total. The van der Waals surface area contributed by atoms with E-state index >= 15 is 0 Å². The van der Waals surface area contributed by atoms with Gasteiger partial charge in [-0.3, -0.25) is 4.79 Å². The molecule has 6 heteroatoms. The lowest BCUT2D eigenvalue weighted by atomic mass is 9.81. The van der Waals surface area contributed by atoms with Crippen LogP contribution >= 0.6 is 0 Å². The molecule has 0 aromatic carbocycles. The van der Waals surface area contributed by atoms with E-state index in [9.17, 15) is 18.0 Å². The zero-order chi connectivity index (χ0) is 12.4. The second-order valence-electron chi connectivity index (χ2n) is 3.44. The Morgan fingerprint density at radius 2 is 2.12 bits per heavy atom. The molecule has 2 atom stereocenters. The molecule has 2 unspecified atom stereocenters. The minimum absolute atomic E-state index is 0.631. The highest BCUT2D eigenvalue weighted by atomic mass is 19.4. The Morgan fingerprint density at radius 1 is 1.50 bits per heavy atom. The van der Waals surface area contributed by atoms with Crippen LogP contribution in [-0.2, 0) is 9.53 Å². The first-order valence-electron chi connectivity index (χ1n) is 4.53. The molecule has 0 saturated carbocycles. The van der Waals surface area contributed by atoms with Gasteiger partial charge in [-0.1, -0.05) is 18.2 Å². The fourth-order valence-electron chi connectivity index (χ4n) is 1.71. The highest BCUT2D eigenvalue weighted by Gasteiger charge is 2.58. The Labute approximate surface area is 90.2 Å². The van der Waals surface area contributed by atoms with Gasteiger partial charge in [0.2, 0.25) is 0 Å². The third-order valence-electron chi connectivity index (χ3n) is 2.52. The summed E-state index contributed by atoms with van der Waals surface area (Å²) in [4.78, 5) is 10.5. The predicted molar refractivity (Wildman–Crippen MR) is 49.8 cm³/mol. The fourth-order valence-corrected chi connectivity index (χ4v) is 1.71. The summed E-state index contributed by atoms with van der Waals surface area (Å²) in [7, 11) is 0.922. The van der Waals surface area contributed by atoms with Crippen LogP contribution in [-0.4, -0.2) is 30.0 Å². The van der Waals surface area contributed by atoms with Gasteiger partial charge in [0.25, 0.3) is 0 Å². The first-order chi connectivity index (χ1) is 7.33. The number of carbonyl (C=O) groups is 1. The number of allylic oxidation sites excluding steroid dienone is 2. The second-order valence-corrected chi connectivity index (χ2v) is 3.44. The number of hydrogen-bond acceptors (Lipinski definition) is 2. The molecule has 0 bridgehead atoms. The maximum absolute atomic E-state index is 12.9. The molecule has 0 aliphatic heterocycles. The van der Waals surface area contributed by atoms with Crippen molar-refractivity contribution >= 4 is 5.97 Å². The quantitative estimate of drug-likeness (QED) is 0.816. The summed E-state index contributed by atoms with van der Waals surface area (Å²) in [6.45, 7) is 0. The van der Waals surface area contributed by atoms with E-state index in [-0.39, 0.29) is 0 Å². The molecule has 1 rings (SSSR count). The molecule has 0 radical (unpaired) electrons. The monoisotopic (exact) mass is 236 g/mol. The number of aliphatic carboxylic acids is 1. The molecular weight excluding hydrogens is 225 g/mol. The Hall–Kier alpha value is -1.30. The van der Waals surface area contributed by atoms with Crippen LogP contribution in [0.15, 0.2) is 24.3 Å². The van der Waals surface area contributed by atoms with E-state index in [1.165, 1.54) is 18.2 Å². The van der Waals surface area contributed by atoms with Crippen molar-refractivity contribution in [3.63, 3.8) is 0 Å². The zero-order valence-electron chi connectivity index (χ0n) is 8.49. The van der Waals surface area contributed by atoms with Crippen LogP contribution < -0.4 is 0 Å². The van der Waals surface area contributed by atoms with Crippen LogP contribution in [0.1, 0.15) is 6.42 Å². The molecule has 0 heterocycles. The second kappa shape index (κ2) is 4.29. The first kappa shape index (κ1) is 12.8. The van der Waals surface area contributed by atoms with Crippen molar-refractivity contribution in [1.82, 2.24) is 0 Å². The third-order valence-corrected chi connectivity index (χ3v) is 2.52. The topological polar surface area (TPSA) is 46.5 Å². The van der Waals surface area contributed by atoms with Gasteiger partial charge in [0.15, 0.2) is 5.60 Å². The van der Waals surface area contributed by atoms with E-state index in [1.54, 1.807) is 0 Å². The van der Waals surface area contributed by atoms with Crippen LogP contribution in [0.5, 0.6) is 0 Å². The summed E-state index contributed by atoms with van der Waals surface area (Å²) in [5, 5.41) is 8.58. The van der Waals surface area contributed by atoms with E-state index in [0.29, 0.717) is 0 Å². The van der Waals surface area contributed by atoms with Crippen molar-refractivity contribution in [3.8, 4) is 0 Å². The maximum Gasteiger partial charge on any atom is 0.421 e. The molecule has 0 saturated heterocycles. The SMILES string of the molecule is COC1(C(F)(F)F)C=CC=CC1CC(=O)O. The Balaban J connectivity index is 3.09. The van der Waals surface area contributed by atoms with E-state index in [1.807, 2.05) is 0 Å². The average Bonchev–Trinajstić information content (AvgIpc) is 2.16. The zero-order valence-corrected chi connectivity index (χ0v) is 8.49. The lowest BCUT2D eigenvalue weighted by Gasteiger charge is -2.38. The molecule has 0 spiro atoms. The Morgan fingerprint density at radius 3 is 2.56 bits per heavy atom. The fraction of sp³-hybridized carbons (Fsp3) is 0.500. The molecule has 0 aromatic heterocycles. The van der Waals surface area contributed by atoms with Crippen molar-refractivity contribution in [3.05, 3.63) is 24.3 Å².